The Hall–Kier alpha value is -2.47. The average molecular weight is 363 g/mol. The van der Waals surface area contributed by atoms with Crippen LogP contribution in [0.15, 0.2) is 36.9 Å². The van der Waals surface area contributed by atoms with Gasteiger partial charge in [0, 0.05) is 30.2 Å². The number of pyridine rings is 1. The summed E-state index contributed by atoms with van der Waals surface area (Å²) in [4.78, 5) is 16.3. The Bertz CT molecular complexity index is 1050. The molecule has 1 aliphatic carbocycles. The first-order valence-electron chi connectivity index (χ1n) is 9.19. The van der Waals surface area contributed by atoms with Crippen molar-refractivity contribution in [2.75, 3.05) is 11.9 Å². The van der Waals surface area contributed by atoms with E-state index in [9.17, 15) is 0 Å². The monoisotopic (exact) mass is 363 g/mol. The van der Waals surface area contributed by atoms with Crippen LogP contribution in [0.25, 0.3) is 15.9 Å². The van der Waals surface area contributed by atoms with E-state index in [-0.39, 0.29) is 0 Å². The molecule has 6 heteroatoms. The third-order valence-corrected chi connectivity index (χ3v) is 6.34. The van der Waals surface area contributed by atoms with Crippen LogP contribution in [0, 0.1) is 5.92 Å². The second-order valence-electron chi connectivity index (χ2n) is 7.13. The summed E-state index contributed by atoms with van der Waals surface area (Å²) in [6, 6.07) is 6.07. The van der Waals surface area contributed by atoms with Gasteiger partial charge < -0.3 is 9.72 Å². The van der Waals surface area contributed by atoms with E-state index in [1.165, 1.54) is 28.7 Å². The second-order valence-corrected chi connectivity index (χ2v) is 8.21. The molecule has 4 aromatic rings. The molecule has 26 heavy (non-hydrogen) atoms. The van der Waals surface area contributed by atoms with Crippen molar-refractivity contribution in [2.24, 2.45) is 5.92 Å². The molecule has 0 saturated carbocycles. The Morgan fingerprint density at radius 3 is 3.19 bits per heavy atom. The molecule has 5 rings (SSSR count). The zero-order valence-electron chi connectivity index (χ0n) is 14.8. The van der Waals surface area contributed by atoms with Crippen molar-refractivity contribution in [3.05, 3.63) is 53.1 Å². The van der Waals surface area contributed by atoms with Gasteiger partial charge in [0.25, 0.3) is 0 Å². The lowest BCUT2D eigenvalue weighted by Crippen LogP contribution is -2.10. The van der Waals surface area contributed by atoms with Crippen molar-refractivity contribution >= 4 is 33.0 Å². The largest absolute Gasteiger partial charge is 0.369 e. The van der Waals surface area contributed by atoms with Crippen LogP contribution in [0.5, 0.6) is 0 Å². The fourth-order valence-corrected chi connectivity index (χ4v) is 5.18. The summed E-state index contributed by atoms with van der Waals surface area (Å²) in [6.45, 7) is 3.16. The van der Waals surface area contributed by atoms with Crippen molar-refractivity contribution in [1.82, 2.24) is 19.4 Å². The van der Waals surface area contributed by atoms with Gasteiger partial charge in [-0.15, -0.1) is 11.3 Å². The summed E-state index contributed by atoms with van der Waals surface area (Å²) in [5, 5.41) is 4.78. The van der Waals surface area contributed by atoms with Crippen LogP contribution in [0.2, 0.25) is 0 Å². The number of hydrogen-bond donors (Lipinski definition) is 1. The molecule has 0 saturated heterocycles. The standard InChI is InChI=1S/C20H21N5S/c1-13-5-6-15-16(10-13)26-20-18(15)19(22-12-23-20)21-8-7-14-11-25-9-3-2-4-17(25)24-14/h2-4,9,11-13H,5-8,10H2,1H3,(H,21,22,23)/t13-/m1/s1. The Morgan fingerprint density at radius 1 is 1.31 bits per heavy atom. The van der Waals surface area contributed by atoms with Gasteiger partial charge in [-0.05, 0) is 42.9 Å². The third kappa shape index (κ3) is 2.74. The Labute approximate surface area is 156 Å². The molecule has 132 valence electrons. The molecular formula is C20H21N5S. The van der Waals surface area contributed by atoms with Crippen LogP contribution in [-0.2, 0) is 19.3 Å². The highest BCUT2D eigenvalue weighted by molar-refractivity contribution is 7.19. The highest BCUT2D eigenvalue weighted by Crippen LogP contribution is 2.39. The van der Waals surface area contributed by atoms with Crippen molar-refractivity contribution in [2.45, 2.75) is 32.6 Å². The molecule has 0 spiro atoms. The minimum Gasteiger partial charge on any atom is -0.369 e. The molecule has 1 atom stereocenters. The molecule has 0 radical (unpaired) electrons. The SMILES string of the molecule is C[C@@H]1CCc2c(sc3ncnc(NCCc4cn5ccccc5n4)c23)C1. The van der Waals surface area contributed by atoms with Crippen LogP contribution in [0.1, 0.15) is 29.5 Å². The number of rotatable bonds is 4. The van der Waals surface area contributed by atoms with Crippen LogP contribution < -0.4 is 5.32 Å². The minimum absolute atomic E-state index is 0.773. The molecular weight excluding hydrogens is 342 g/mol. The van der Waals surface area contributed by atoms with Gasteiger partial charge in [0.15, 0.2) is 0 Å². The number of imidazole rings is 1. The van der Waals surface area contributed by atoms with Gasteiger partial charge in [-0.1, -0.05) is 13.0 Å². The maximum Gasteiger partial charge on any atom is 0.138 e. The molecule has 0 bridgehead atoms. The van der Waals surface area contributed by atoms with E-state index in [0.717, 1.165) is 47.3 Å². The van der Waals surface area contributed by atoms with Crippen LogP contribution >= 0.6 is 11.3 Å². The minimum atomic E-state index is 0.773. The molecule has 0 unspecified atom stereocenters. The van der Waals surface area contributed by atoms with Crippen LogP contribution in [0.3, 0.4) is 0 Å². The maximum absolute atomic E-state index is 4.67. The third-order valence-electron chi connectivity index (χ3n) is 5.18. The summed E-state index contributed by atoms with van der Waals surface area (Å²) >= 11 is 1.84. The lowest BCUT2D eigenvalue weighted by molar-refractivity contribution is 0.509. The van der Waals surface area contributed by atoms with E-state index in [4.69, 9.17) is 0 Å². The second kappa shape index (κ2) is 6.36. The maximum atomic E-state index is 4.67. The summed E-state index contributed by atoms with van der Waals surface area (Å²) in [5.41, 5.74) is 3.56. The van der Waals surface area contributed by atoms with E-state index in [0.29, 0.717) is 0 Å². The number of nitrogens with zero attached hydrogens (tertiary/aromatic N) is 4. The Balaban J connectivity index is 1.37. The number of nitrogens with one attached hydrogen (secondary N) is 1. The van der Waals surface area contributed by atoms with Gasteiger partial charge in [0.05, 0.1) is 11.1 Å². The van der Waals surface area contributed by atoms with Gasteiger partial charge >= 0.3 is 0 Å². The molecule has 0 aromatic carbocycles. The fraction of sp³-hybridized carbons (Fsp3) is 0.350. The molecule has 0 aliphatic heterocycles. The first-order chi connectivity index (χ1) is 12.8. The quantitative estimate of drug-likeness (QED) is 0.593. The van der Waals surface area contributed by atoms with E-state index in [1.54, 1.807) is 6.33 Å². The van der Waals surface area contributed by atoms with Crippen molar-refractivity contribution in [3.63, 3.8) is 0 Å². The number of aromatic nitrogens is 4. The number of anilines is 1. The molecule has 4 aromatic heterocycles. The van der Waals surface area contributed by atoms with Crippen LogP contribution in [0.4, 0.5) is 5.82 Å². The Kier molecular flexibility index (Phi) is 3.85. The van der Waals surface area contributed by atoms with Gasteiger partial charge in [0.1, 0.15) is 22.6 Å². The van der Waals surface area contributed by atoms with Crippen LogP contribution in [-0.4, -0.2) is 25.9 Å². The highest BCUT2D eigenvalue weighted by Gasteiger charge is 2.22. The number of aryl methyl sites for hydroxylation is 1. The normalized spacial score (nSPS) is 16.9. The van der Waals surface area contributed by atoms with E-state index >= 15 is 0 Å². The molecule has 4 heterocycles. The fourth-order valence-electron chi connectivity index (χ4n) is 3.83. The molecule has 1 aliphatic rings. The molecule has 0 amide bonds. The predicted molar refractivity (Wildman–Crippen MR) is 106 cm³/mol. The average Bonchev–Trinajstić information content (AvgIpc) is 3.22. The zero-order valence-corrected chi connectivity index (χ0v) is 15.6. The summed E-state index contributed by atoms with van der Waals surface area (Å²) in [7, 11) is 0. The molecule has 1 N–H and O–H groups in total. The Morgan fingerprint density at radius 2 is 2.27 bits per heavy atom. The zero-order chi connectivity index (χ0) is 17.5. The van der Waals surface area contributed by atoms with Gasteiger partial charge in [-0.25, -0.2) is 15.0 Å². The first kappa shape index (κ1) is 15.8. The number of hydrogen-bond acceptors (Lipinski definition) is 5. The summed E-state index contributed by atoms with van der Waals surface area (Å²) in [5.74, 6) is 1.75. The highest BCUT2D eigenvalue weighted by atomic mass is 32.1. The first-order valence-corrected chi connectivity index (χ1v) is 10.0. The smallest absolute Gasteiger partial charge is 0.138 e. The lowest BCUT2D eigenvalue weighted by atomic mass is 9.89. The number of thiophene rings is 1. The molecule has 0 fully saturated rings. The summed E-state index contributed by atoms with van der Waals surface area (Å²) < 4.78 is 2.06. The van der Waals surface area contributed by atoms with Gasteiger partial charge in [0.2, 0.25) is 0 Å². The number of fused-ring (bicyclic) bond motifs is 4. The van der Waals surface area contributed by atoms with Crippen molar-refractivity contribution in [3.8, 4) is 0 Å². The predicted octanol–water partition coefficient (Wildman–Crippen LogP) is 4.12. The van der Waals surface area contributed by atoms with Gasteiger partial charge in [-0.3, -0.25) is 0 Å². The van der Waals surface area contributed by atoms with E-state index in [2.05, 4.69) is 37.8 Å². The van der Waals surface area contributed by atoms with Gasteiger partial charge in [-0.2, -0.15) is 0 Å². The van der Waals surface area contributed by atoms with Crippen molar-refractivity contribution < 1.29 is 0 Å². The topological polar surface area (TPSA) is 55.1 Å². The van der Waals surface area contributed by atoms with Crippen molar-refractivity contribution in [1.29, 1.82) is 0 Å². The van der Waals surface area contributed by atoms with E-state index < -0.39 is 0 Å². The molecule has 5 nitrogen and oxygen atoms in total. The lowest BCUT2D eigenvalue weighted by Gasteiger charge is -2.18. The summed E-state index contributed by atoms with van der Waals surface area (Å²) in [6.07, 6.45) is 10.3. The van der Waals surface area contributed by atoms with E-state index in [1.807, 2.05) is 35.7 Å².